The highest BCUT2D eigenvalue weighted by Crippen LogP contribution is 2.25. The quantitative estimate of drug-likeness (QED) is 0.597. The van der Waals surface area contributed by atoms with Crippen molar-refractivity contribution in [3.05, 3.63) is 64.2 Å². The van der Waals surface area contributed by atoms with Crippen LogP contribution in [-0.4, -0.2) is 27.5 Å². The average Bonchev–Trinajstić information content (AvgIpc) is 2.54. The van der Waals surface area contributed by atoms with Crippen molar-refractivity contribution in [1.29, 1.82) is 0 Å². The minimum absolute atomic E-state index is 0.151. The van der Waals surface area contributed by atoms with E-state index in [0.29, 0.717) is 11.4 Å². The van der Waals surface area contributed by atoms with E-state index in [4.69, 9.17) is 4.74 Å². The van der Waals surface area contributed by atoms with Gasteiger partial charge in [-0.05, 0) is 24.3 Å². The number of nitrogens with zero attached hydrogens (tertiary/aromatic N) is 2. The van der Waals surface area contributed by atoms with Gasteiger partial charge >= 0.3 is 0 Å². The predicted molar refractivity (Wildman–Crippen MR) is 87.1 cm³/mol. The second-order valence-electron chi connectivity index (χ2n) is 4.81. The highest BCUT2D eigenvalue weighted by Gasteiger charge is 2.24. The lowest BCUT2D eigenvalue weighted by Gasteiger charge is -2.19. The molecule has 122 valence electrons. The van der Waals surface area contributed by atoms with E-state index in [9.17, 15) is 18.5 Å². The average molecular weight is 336 g/mol. The van der Waals surface area contributed by atoms with Crippen molar-refractivity contribution in [2.45, 2.75) is 5.75 Å². The third-order valence-corrected chi connectivity index (χ3v) is 5.10. The standard InChI is InChI=1S/C15H16N2O5S/c1-16(13-7-9-14(22-2)10-8-13)23(20,21)11-12-5-3-4-6-15(12)17(18)19/h3-10H,11H2,1-2H3. The van der Waals surface area contributed by atoms with Crippen LogP contribution < -0.4 is 9.04 Å². The fraction of sp³-hybridized carbons (Fsp3) is 0.200. The van der Waals surface area contributed by atoms with Gasteiger partial charge in [-0.3, -0.25) is 14.4 Å². The molecule has 0 radical (unpaired) electrons. The van der Waals surface area contributed by atoms with Crippen molar-refractivity contribution in [1.82, 2.24) is 0 Å². The Morgan fingerprint density at radius 1 is 1.13 bits per heavy atom. The topological polar surface area (TPSA) is 89.8 Å². The van der Waals surface area contributed by atoms with Gasteiger partial charge in [0.05, 0.1) is 17.7 Å². The summed E-state index contributed by atoms with van der Waals surface area (Å²) in [5.41, 5.74) is 0.390. The lowest BCUT2D eigenvalue weighted by atomic mass is 10.2. The molecule has 0 aliphatic heterocycles. The number of anilines is 1. The zero-order chi connectivity index (χ0) is 17.0. The second kappa shape index (κ2) is 6.66. The van der Waals surface area contributed by atoms with E-state index in [1.807, 2.05) is 0 Å². The number of benzene rings is 2. The number of nitro benzene ring substituents is 1. The molecule has 23 heavy (non-hydrogen) atoms. The number of sulfonamides is 1. The first kappa shape index (κ1) is 16.8. The third kappa shape index (κ3) is 3.78. The molecule has 2 aromatic carbocycles. The summed E-state index contributed by atoms with van der Waals surface area (Å²) in [6.07, 6.45) is 0. The Hall–Kier alpha value is -2.61. The van der Waals surface area contributed by atoms with Crippen molar-refractivity contribution in [2.75, 3.05) is 18.5 Å². The predicted octanol–water partition coefficient (Wildman–Crippen LogP) is 2.57. The normalized spacial score (nSPS) is 11.0. The maximum absolute atomic E-state index is 12.5. The van der Waals surface area contributed by atoms with Crippen LogP contribution in [0.1, 0.15) is 5.56 Å². The SMILES string of the molecule is COc1ccc(N(C)S(=O)(=O)Cc2ccccc2[N+](=O)[O-])cc1. The van der Waals surface area contributed by atoms with E-state index in [-0.39, 0.29) is 11.3 Å². The van der Waals surface area contributed by atoms with Gasteiger partial charge in [0, 0.05) is 18.7 Å². The molecule has 0 bridgehead atoms. The summed E-state index contributed by atoms with van der Waals surface area (Å²) in [7, 11) is -0.827. The van der Waals surface area contributed by atoms with Crippen molar-refractivity contribution in [3.63, 3.8) is 0 Å². The van der Waals surface area contributed by atoms with Gasteiger partial charge in [0.25, 0.3) is 5.69 Å². The van der Waals surface area contributed by atoms with Crippen molar-refractivity contribution in [2.24, 2.45) is 0 Å². The highest BCUT2D eigenvalue weighted by molar-refractivity contribution is 7.92. The molecule has 0 spiro atoms. The largest absolute Gasteiger partial charge is 0.497 e. The minimum atomic E-state index is -3.75. The van der Waals surface area contributed by atoms with Gasteiger partial charge in [-0.2, -0.15) is 0 Å². The smallest absolute Gasteiger partial charge is 0.273 e. The van der Waals surface area contributed by atoms with Crippen molar-refractivity contribution in [3.8, 4) is 5.75 Å². The monoisotopic (exact) mass is 336 g/mol. The summed E-state index contributed by atoms with van der Waals surface area (Å²) in [5, 5.41) is 11.0. The van der Waals surface area contributed by atoms with E-state index in [1.54, 1.807) is 30.3 Å². The van der Waals surface area contributed by atoms with Crippen molar-refractivity contribution < 1.29 is 18.1 Å². The van der Waals surface area contributed by atoms with Crippen LogP contribution in [0.25, 0.3) is 0 Å². The summed E-state index contributed by atoms with van der Waals surface area (Å²) >= 11 is 0. The number of rotatable bonds is 6. The summed E-state index contributed by atoms with van der Waals surface area (Å²) in [5.74, 6) is 0.158. The van der Waals surface area contributed by atoms with E-state index >= 15 is 0 Å². The van der Waals surface area contributed by atoms with Gasteiger partial charge < -0.3 is 4.74 Å². The van der Waals surface area contributed by atoms with E-state index in [1.165, 1.54) is 32.4 Å². The highest BCUT2D eigenvalue weighted by atomic mass is 32.2. The minimum Gasteiger partial charge on any atom is -0.497 e. The van der Waals surface area contributed by atoms with Crippen LogP contribution in [-0.2, 0) is 15.8 Å². The van der Waals surface area contributed by atoms with E-state index in [0.717, 1.165) is 4.31 Å². The molecule has 7 nitrogen and oxygen atoms in total. The Kier molecular flexibility index (Phi) is 4.85. The number of hydrogen-bond donors (Lipinski definition) is 0. The van der Waals surface area contributed by atoms with Gasteiger partial charge in [-0.1, -0.05) is 18.2 Å². The lowest BCUT2D eigenvalue weighted by Crippen LogP contribution is -2.28. The molecule has 0 unspecified atom stereocenters. The molecule has 0 aliphatic rings. The van der Waals surface area contributed by atoms with Gasteiger partial charge in [0.1, 0.15) is 11.5 Å². The number of methoxy groups -OCH3 is 1. The maximum Gasteiger partial charge on any atom is 0.273 e. The molecule has 8 heteroatoms. The van der Waals surface area contributed by atoms with Crippen molar-refractivity contribution >= 4 is 21.4 Å². The van der Waals surface area contributed by atoms with Crippen LogP contribution in [0.15, 0.2) is 48.5 Å². The van der Waals surface area contributed by atoms with Crippen LogP contribution in [0.2, 0.25) is 0 Å². The van der Waals surface area contributed by atoms with Crippen LogP contribution in [0.4, 0.5) is 11.4 Å². The molecule has 0 saturated carbocycles. The first-order valence-corrected chi connectivity index (χ1v) is 8.29. The molecule has 0 heterocycles. The first-order valence-electron chi connectivity index (χ1n) is 6.68. The van der Waals surface area contributed by atoms with Crippen LogP contribution >= 0.6 is 0 Å². The number of hydrogen-bond acceptors (Lipinski definition) is 5. The maximum atomic E-state index is 12.5. The molecule has 0 atom stereocenters. The van der Waals surface area contributed by atoms with Gasteiger partial charge in [0.2, 0.25) is 10.0 Å². The van der Waals surface area contributed by atoms with Crippen LogP contribution in [0.3, 0.4) is 0 Å². The Morgan fingerprint density at radius 3 is 2.30 bits per heavy atom. The molecule has 0 aromatic heterocycles. The van der Waals surface area contributed by atoms with Crippen LogP contribution in [0.5, 0.6) is 5.75 Å². The Balaban J connectivity index is 2.29. The molecule has 2 aromatic rings. The molecule has 0 amide bonds. The Morgan fingerprint density at radius 2 is 1.74 bits per heavy atom. The van der Waals surface area contributed by atoms with Gasteiger partial charge in [0.15, 0.2) is 0 Å². The molecule has 0 saturated heterocycles. The molecule has 0 aliphatic carbocycles. The molecule has 2 rings (SSSR count). The number of nitro groups is 1. The zero-order valence-corrected chi connectivity index (χ0v) is 13.5. The molecular formula is C15H16N2O5S. The number of ether oxygens (including phenoxy) is 1. The first-order chi connectivity index (χ1) is 10.8. The summed E-state index contributed by atoms with van der Waals surface area (Å²) < 4.78 is 31.1. The van der Waals surface area contributed by atoms with Gasteiger partial charge in [-0.15, -0.1) is 0 Å². The Labute approximate surface area is 134 Å². The summed E-state index contributed by atoms with van der Waals surface area (Å²) in [4.78, 5) is 10.4. The van der Waals surface area contributed by atoms with Gasteiger partial charge in [-0.25, -0.2) is 8.42 Å². The third-order valence-electron chi connectivity index (χ3n) is 3.38. The lowest BCUT2D eigenvalue weighted by molar-refractivity contribution is -0.385. The summed E-state index contributed by atoms with van der Waals surface area (Å²) in [6, 6.07) is 12.3. The fourth-order valence-corrected chi connectivity index (χ4v) is 3.33. The molecular weight excluding hydrogens is 320 g/mol. The van der Waals surface area contributed by atoms with E-state index < -0.39 is 20.7 Å². The fourth-order valence-electron chi connectivity index (χ4n) is 2.06. The van der Waals surface area contributed by atoms with Crippen LogP contribution in [0, 0.1) is 10.1 Å². The van der Waals surface area contributed by atoms with E-state index in [2.05, 4.69) is 0 Å². The Bertz CT molecular complexity index is 803. The zero-order valence-electron chi connectivity index (χ0n) is 12.7. The molecule has 0 fully saturated rings. The molecule has 0 N–H and O–H groups in total. The second-order valence-corrected chi connectivity index (χ2v) is 6.81. The summed E-state index contributed by atoms with van der Waals surface area (Å²) in [6.45, 7) is 0. The number of para-hydroxylation sites is 1.